The van der Waals surface area contributed by atoms with Crippen molar-refractivity contribution < 1.29 is 9.53 Å². The van der Waals surface area contributed by atoms with E-state index in [1.54, 1.807) is 30.6 Å². The number of aryl methyl sites for hydroxylation is 1. The number of halogens is 2. The topological polar surface area (TPSA) is 87.9 Å². The zero-order chi connectivity index (χ0) is 28.8. The maximum Gasteiger partial charge on any atom is 0.289 e. The first kappa shape index (κ1) is 36.3. The molecule has 0 radical (unpaired) electrons. The lowest BCUT2D eigenvalue weighted by atomic mass is 9.93. The molecule has 8 heteroatoms. The minimum absolute atomic E-state index is 0.0720. The van der Waals surface area contributed by atoms with Crippen molar-refractivity contribution in [2.45, 2.75) is 86.3 Å². The molecule has 1 aliphatic rings. The molecule has 1 aromatic carbocycles. The molecule has 37 heavy (non-hydrogen) atoms. The Morgan fingerprint density at radius 2 is 1.62 bits per heavy atom. The van der Waals surface area contributed by atoms with Crippen molar-refractivity contribution in [1.29, 1.82) is 5.26 Å². The molecule has 1 heterocycles. The van der Waals surface area contributed by atoms with Crippen LogP contribution in [0.4, 0.5) is 0 Å². The van der Waals surface area contributed by atoms with Gasteiger partial charge in [-0.1, -0.05) is 63.0 Å². The molecular formula is C29H42Cl2N4O2. The van der Waals surface area contributed by atoms with Crippen molar-refractivity contribution >= 4 is 29.1 Å². The van der Waals surface area contributed by atoms with E-state index in [9.17, 15) is 4.79 Å². The van der Waals surface area contributed by atoms with E-state index in [4.69, 9.17) is 33.2 Å². The fourth-order valence-electron chi connectivity index (χ4n) is 2.94. The predicted octanol–water partition coefficient (Wildman–Crippen LogP) is 8.43. The number of nitriles is 1. The normalized spacial score (nSPS) is 15.0. The van der Waals surface area contributed by atoms with Gasteiger partial charge in [0.1, 0.15) is 11.8 Å². The third kappa shape index (κ3) is 16.5. The molecule has 0 atom stereocenters. The number of hydrogen-bond donors (Lipinski definition) is 1. The SMILES string of the molecule is C=C(C)C.C=CCl.CC.CC.Cc1cnc(C(=O)NC2CCC(Oc3ccc(C#N)c(Cl)c3)CC2)nc1. The average molecular weight is 550 g/mol. The summed E-state index contributed by atoms with van der Waals surface area (Å²) in [6.07, 6.45) is 6.65. The van der Waals surface area contributed by atoms with E-state index in [0.717, 1.165) is 31.2 Å². The van der Waals surface area contributed by atoms with E-state index < -0.39 is 0 Å². The Labute approximate surface area is 233 Å². The molecule has 0 saturated heterocycles. The summed E-state index contributed by atoms with van der Waals surface area (Å²) in [7, 11) is 0. The smallest absolute Gasteiger partial charge is 0.289 e. The van der Waals surface area contributed by atoms with Crippen molar-refractivity contribution in [2.75, 3.05) is 0 Å². The van der Waals surface area contributed by atoms with E-state index in [2.05, 4.69) is 28.4 Å². The van der Waals surface area contributed by atoms with Crippen LogP contribution >= 0.6 is 23.2 Å². The molecule has 1 amide bonds. The summed E-state index contributed by atoms with van der Waals surface area (Å²) in [6, 6.07) is 7.21. The van der Waals surface area contributed by atoms with Crippen LogP contribution in [-0.2, 0) is 0 Å². The van der Waals surface area contributed by atoms with Gasteiger partial charge in [-0.15, -0.1) is 6.58 Å². The summed E-state index contributed by atoms with van der Waals surface area (Å²) in [5.41, 5.74) is 3.74. The number of benzene rings is 1. The maximum absolute atomic E-state index is 12.2. The summed E-state index contributed by atoms with van der Waals surface area (Å²) in [5, 5.41) is 12.3. The first-order valence-electron chi connectivity index (χ1n) is 12.5. The van der Waals surface area contributed by atoms with Crippen molar-refractivity contribution in [3.63, 3.8) is 0 Å². The van der Waals surface area contributed by atoms with Crippen LogP contribution < -0.4 is 10.1 Å². The fourth-order valence-corrected chi connectivity index (χ4v) is 3.15. The molecule has 0 aliphatic heterocycles. The number of allylic oxidation sites excluding steroid dienone is 1. The molecule has 1 N–H and O–H groups in total. The third-order valence-electron chi connectivity index (χ3n) is 4.36. The van der Waals surface area contributed by atoms with Crippen LogP contribution in [0.3, 0.4) is 0 Å². The van der Waals surface area contributed by atoms with Crippen LogP contribution in [0.25, 0.3) is 0 Å². The lowest BCUT2D eigenvalue weighted by Crippen LogP contribution is -2.40. The molecular weight excluding hydrogens is 507 g/mol. The highest BCUT2D eigenvalue weighted by atomic mass is 35.5. The lowest BCUT2D eigenvalue weighted by molar-refractivity contribution is 0.0883. The number of ether oxygens (including phenoxy) is 1. The summed E-state index contributed by atoms with van der Waals surface area (Å²) in [5.74, 6) is 0.615. The van der Waals surface area contributed by atoms with Crippen molar-refractivity contribution in [3.8, 4) is 11.8 Å². The van der Waals surface area contributed by atoms with Crippen LogP contribution in [0, 0.1) is 18.3 Å². The number of hydrogen-bond acceptors (Lipinski definition) is 5. The first-order valence-corrected chi connectivity index (χ1v) is 13.3. The number of aromatic nitrogens is 2. The van der Waals surface area contributed by atoms with Crippen LogP contribution in [0.2, 0.25) is 5.02 Å². The molecule has 3 rings (SSSR count). The number of carbonyl (C=O) groups excluding carboxylic acids is 1. The largest absolute Gasteiger partial charge is 0.490 e. The molecule has 0 unspecified atom stereocenters. The molecule has 2 aromatic rings. The molecule has 0 bridgehead atoms. The van der Waals surface area contributed by atoms with Crippen LogP contribution in [0.15, 0.2) is 54.9 Å². The Morgan fingerprint density at radius 3 is 2.05 bits per heavy atom. The van der Waals surface area contributed by atoms with Crippen molar-refractivity contribution in [1.82, 2.24) is 15.3 Å². The lowest BCUT2D eigenvalue weighted by Gasteiger charge is -2.29. The number of rotatable bonds is 4. The van der Waals surface area contributed by atoms with E-state index in [1.807, 2.05) is 54.5 Å². The summed E-state index contributed by atoms with van der Waals surface area (Å²) in [4.78, 5) is 20.3. The highest BCUT2D eigenvalue weighted by Gasteiger charge is 2.24. The van der Waals surface area contributed by atoms with Gasteiger partial charge in [0.25, 0.3) is 5.91 Å². The quantitative estimate of drug-likeness (QED) is 0.387. The predicted molar refractivity (Wildman–Crippen MR) is 156 cm³/mol. The number of amides is 1. The monoisotopic (exact) mass is 548 g/mol. The molecule has 6 nitrogen and oxygen atoms in total. The summed E-state index contributed by atoms with van der Waals surface area (Å²) < 4.78 is 5.96. The van der Waals surface area contributed by atoms with Crippen molar-refractivity contribution in [3.05, 3.63) is 76.8 Å². The Morgan fingerprint density at radius 1 is 1.14 bits per heavy atom. The Hall–Kier alpha value is -2.88. The van der Waals surface area contributed by atoms with Gasteiger partial charge in [0.2, 0.25) is 5.82 Å². The van der Waals surface area contributed by atoms with Crippen LogP contribution in [0.1, 0.15) is 89.0 Å². The second-order valence-electron chi connectivity index (χ2n) is 7.76. The van der Waals surface area contributed by atoms with Gasteiger partial charge >= 0.3 is 0 Å². The average Bonchev–Trinajstić information content (AvgIpc) is 2.88. The second-order valence-corrected chi connectivity index (χ2v) is 8.48. The molecule has 1 aliphatic carbocycles. The van der Waals surface area contributed by atoms with Gasteiger partial charge < -0.3 is 10.1 Å². The number of nitrogens with zero attached hydrogens (tertiary/aromatic N) is 3. The van der Waals surface area contributed by atoms with Gasteiger partial charge in [-0.25, -0.2) is 9.97 Å². The van der Waals surface area contributed by atoms with E-state index in [1.165, 1.54) is 11.1 Å². The highest BCUT2D eigenvalue weighted by molar-refractivity contribution is 6.31. The number of nitrogens with one attached hydrogen (secondary N) is 1. The minimum Gasteiger partial charge on any atom is -0.490 e. The Kier molecular flexibility index (Phi) is 21.9. The van der Waals surface area contributed by atoms with Crippen LogP contribution in [-0.4, -0.2) is 28.0 Å². The van der Waals surface area contributed by atoms with Crippen LogP contribution in [0.5, 0.6) is 5.75 Å². The van der Waals surface area contributed by atoms with Gasteiger partial charge in [0, 0.05) is 24.5 Å². The van der Waals surface area contributed by atoms with E-state index in [0.29, 0.717) is 16.3 Å². The van der Waals surface area contributed by atoms with Gasteiger partial charge in [-0.05, 0) is 69.7 Å². The maximum atomic E-state index is 12.2. The molecule has 1 saturated carbocycles. The molecule has 1 aromatic heterocycles. The van der Waals surface area contributed by atoms with Gasteiger partial charge in [0.15, 0.2) is 0 Å². The molecule has 0 spiro atoms. The van der Waals surface area contributed by atoms with Gasteiger partial charge in [-0.2, -0.15) is 5.26 Å². The molecule has 1 fully saturated rings. The number of carbonyl (C=O) groups is 1. The Balaban J connectivity index is 0. The van der Waals surface area contributed by atoms with Gasteiger partial charge in [-0.3, -0.25) is 4.79 Å². The summed E-state index contributed by atoms with van der Waals surface area (Å²) in [6.45, 7) is 20.5. The molecule has 204 valence electrons. The van der Waals surface area contributed by atoms with E-state index in [-0.39, 0.29) is 23.9 Å². The fraction of sp³-hybridized carbons (Fsp3) is 0.448. The van der Waals surface area contributed by atoms with Crippen molar-refractivity contribution in [2.24, 2.45) is 0 Å². The zero-order valence-electron chi connectivity index (χ0n) is 23.3. The second kappa shape index (κ2) is 22.3. The zero-order valence-corrected chi connectivity index (χ0v) is 24.8. The van der Waals surface area contributed by atoms with Gasteiger partial charge in [0.05, 0.1) is 16.7 Å². The Bertz CT molecular complexity index is 961. The van der Waals surface area contributed by atoms with E-state index >= 15 is 0 Å². The minimum atomic E-state index is -0.242. The summed E-state index contributed by atoms with van der Waals surface area (Å²) >= 11 is 10.8. The highest BCUT2D eigenvalue weighted by Crippen LogP contribution is 2.27. The standard InChI is InChI=1S/C19H19ClN4O2.C4H8.C2H3Cl.2C2H6/c1-12-10-22-18(23-11-12)19(25)24-14-3-6-15(7-4-14)26-16-5-2-13(9-21)17(20)8-16;1-4(2)3;1-2-3;2*1-2/h2,5,8,10-11,14-15H,3-4,6-7H2,1H3,(H,24,25);1H2,2-3H3;2H,1H2;2*1-2H3. The third-order valence-corrected chi connectivity index (χ3v) is 4.67. The first-order chi connectivity index (χ1) is 17.7.